The van der Waals surface area contributed by atoms with Gasteiger partial charge in [0, 0.05) is 17.4 Å². The van der Waals surface area contributed by atoms with Gasteiger partial charge >= 0.3 is 12.1 Å². The molecule has 2 rings (SSSR count). The molecule has 0 aliphatic carbocycles. The first kappa shape index (κ1) is 16.0. The van der Waals surface area contributed by atoms with Crippen LogP contribution in [0.2, 0.25) is 0 Å². The highest BCUT2D eigenvalue weighted by atomic mass is 32.1. The van der Waals surface area contributed by atoms with Crippen LogP contribution in [0.3, 0.4) is 0 Å². The lowest BCUT2D eigenvalue weighted by Crippen LogP contribution is -2.18. The maximum absolute atomic E-state index is 11.9. The number of hydrogen-bond acceptors (Lipinski definition) is 6. The van der Waals surface area contributed by atoms with Crippen molar-refractivity contribution in [2.24, 2.45) is 0 Å². The van der Waals surface area contributed by atoms with Crippen LogP contribution in [0.4, 0.5) is 10.5 Å². The van der Waals surface area contributed by atoms with Crippen LogP contribution in [-0.2, 0) is 16.1 Å². The molecule has 0 saturated heterocycles. The Bertz CT molecular complexity index is 653. The van der Waals surface area contributed by atoms with Crippen LogP contribution < -0.4 is 10.1 Å². The standard InChI is InChI=1S/C15H15NO5S/c1-19-8-12-13(14(17)20-2)11(9-22-12)16-15(18)21-10-6-4-3-5-7-10/h3-7,9H,8H2,1-2H3,(H,16,18). The van der Waals surface area contributed by atoms with E-state index in [1.165, 1.54) is 25.6 Å². The first-order valence-electron chi connectivity index (χ1n) is 6.37. The molecular formula is C15H15NO5S. The van der Waals surface area contributed by atoms with Gasteiger partial charge in [0.1, 0.15) is 5.75 Å². The summed E-state index contributed by atoms with van der Waals surface area (Å²) < 4.78 is 14.9. The maximum Gasteiger partial charge on any atom is 0.417 e. The van der Waals surface area contributed by atoms with Gasteiger partial charge in [0.25, 0.3) is 0 Å². The van der Waals surface area contributed by atoms with E-state index in [2.05, 4.69) is 5.32 Å². The minimum atomic E-state index is -0.682. The van der Waals surface area contributed by atoms with Crippen molar-refractivity contribution in [1.82, 2.24) is 0 Å². The van der Waals surface area contributed by atoms with E-state index in [0.717, 1.165) is 0 Å². The molecule has 1 aromatic heterocycles. The van der Waals surface area contributed by atoms with Gasteiger partial charge in [0.15, 0.2) is 0 Å². The highest BCUT2D eigenvalue weighted by Crippen LogP contribution is 2.29. The number of esters is 1. The highest BCUT2D eigenvalue weighted by Gasteiger charge is 2.21. The normalized spacial score (nSPS) is 10.1. The fraction of sp³-hybridized carbons (Fsp3) is 0.200. The van der Waals surface area contributed by atoms with Crippen molar-refractivity contribution in [3.8, 4) is 5.75 Å². The highest BCUT2D eigenvalue weighted by molar-refractivity contribution is 7.10. The Morgan fingerprint density at radius 1 is 1.18 bits per heavy atom. The Morgan fingerprint density at radius 3 is 2.55 bits per heavy atom. The molecule has 0 radical (unpaired) electrons. The summed E-state index contributed by atoms with van der Waals surface area (Å²) >= 11 is 1.30. The lowest BCUT2D eigenvalue weighted by molar-refractivity contribution is 0.0598. The Morgan fingerprint density at radius 2 is 1.91 bits per heavy atom. The van der Waals surface area contributed by atoms with E-state index in [9.17, 15) is 9.59 Å². The molecule has 0 spiro atoms. The molecule has 22 heavy (non-hydrogen) atoms. The number of rotatable bonds is 5. The van der Waals surface area contributed by atoms with Gasteiger partial charge in [-0.3, -0.25) is 5.32 Å². The number of hydrogen-bond donors (Lipinski definition) is 1. The number of amides is 1. The average molecular weight is 321 g/mol. The van der Waals surface area contributed by atoms with Gasteiger partial charge in [-0.25, -0.2) is 9.59 Å². The van der Waals surface area contributed by atoms with Gasteiger partial charge < -0.3 is 14.2 Å². The molecule has 0 atom stereocenters. The zero-order chi connectivity index (χ0) is 15.9. The lowest BCUT2D eigenvalue weighted by Gasteiger charge is -2.08. The van der Waals surface area contributed by atoms with E-state index >= 15 is 0 Å². The van der Waals surface area contributed by atoms with Crippen LogP contribution in [0.15, 0.2) is 35.7 Å². The van der Waals surface area contributed by atoms with Gasteiger partial charge in [-0.05, 0) is 12.1 Å². The molecule has 1 aromatic carbocycles. The van der Waals surface area contributed by atoms with Crippen molar-refractivity contribution < 1.29 is 23.8 Å². The number of nitrogens with one attached hydrogen (secondary N) is 1. The van der Waals surface area contributed by atoms with Crippen molar-refractivity contribution in [1.29, 1.82) is 0 Å². The molecule has 0 aliphatic rings. The minimum Gasteiger partial charge on any atom is -0.465 e. The predicted molar refractivity (Wildman–Crippen MR) is 82.5 cm³/mol. The summed E-state index contributed by atoms with van der Waals surface area (Å²) in [5.74, 6) is -0.129. The van der Waals surface area contributed by atoms with Gasteiger partial charge in [-0.15, -0.1) is 11.3 Å². The second-order valence-corrected chi connectivity index (χ2v) is 5.16. The molecule has 0 unspecified atom stereocenters. The first-order valence-corrected chi connectivity index (χ1v) is 7.25. The second kappa shape index (κ2) is 7.58. The summed E-state index contributed by atoms with van der Waals surface area (Å²) in [5.41, 5.74) is 0.615. The third-order valence-electron chi connectivity index (χ3n) is 2.72. The van der Waals surface area contributed by atoms with Crippen molar-refractivity contribution in [3.05, 3.63) is 46.2 Å². The van der Waals surface area contributed by atoms with Gasteiger partial charge in [0.2, 0.25) is 0 Å². The zero-order valence-corrected chi connectivity index (χ0v) is 12.9. The monoisotopic (exact) mass is 321 g/mol. The van der Waals surface area contributed by atoms with Crippen LogP contribution in [0, 0.1) is 0 Å². The summed E-state index contributed by atoms with van der Waals surface area (Å²) in [7, 11) is 2.81. The third kappa shape index (κ3) is 3.84. The van der Waals surface area contributed by atoms with E-state index < -0.39 is 12.1 Å². The summed E-state index contributed by atoms with van der Waals surface area (Å²) in [5, 5.41) is 4.19. The number of para-hydroxylation sites is 1. The number of carbonyl (C=O) groups excluding carboxylic acids is 2. The molecule has 0 saturated carbocycles. The number of ether oxygens (including phenoxy) is 3. The third-order valence-corrected chi connectivity index (χ3v) is 3.68. The SMILES string of the molecule is COCc1scc(NC(=O)Oc2ccccc2)c1C(=O)OC. The quantitative estimate of drug-likeness (QED) is 0.855. The number of methoxy groups -OCH3 is 2. The fourth-order valence-corrected chi connectivity index (χ4v) is 2.72. The number of carbonyl (C=O) groups is 2. The van der Waals surface area contributed by atoms with Crippen LogP contribution >= 0.6 is 11.3 Å². The van der Waals surface area contributed by atoms with Gasteiger partial charge in [0.05, 0.1) is 25.0 Å². The summed E-state index contributed by atoms with van der Waals surface area (Å²) in [6, 6.07) is 8.64. The first-order chi connectivity index (χ1) is 10.7. The topological polar surface area (TPSA) is 73.9 Å². The lowest BCUT2D eigenvalue weighted by atomic mass is 10.2. The summed E-state index contributed by atoms with van der Waals surface area (Å²) in [6.45, 7) is 0.254. The van der Waals surface area contributed by atoms with Gasteiger partial charge in [-0.2, -0.15) is 0 Å². The molecule has 1 N–H and O–H groups in total. The summed E-state index contributed by atoms with van der Waals surface area (Å²) in [6.07, 6.45) is -0.682. The van der Waals surface area contributed by atoms with Crippen molar-refractivity contribution >= 4 is 29.1 Å². The molecular weight excluding hydrogens is 306 g/mol. The van der Waals surface area contributed by atoms with E-state index in [-0.39, 0.29) is 12.2 Å². The van der Waals surface area contributed by atoms with E-state index in [1.807, 2.05) is 6.07 Å². The predicted octanol–water partition coefficient (Wildman–Crippen LogP) is 3.29. The molecule has 0 bridgehead atoms. The number of anilines is 1. The molecule has 6 nitrogen and oxygen atoms in total. The van der Waals surface area contributed by atoms with Crippen molar-refractivity contribution in [3.63, 3.8) is 0 Å². The second-order valence-electron chi connectivity index (χ2n) is 4.20. The molecule has 0 aliphatic heterocycles. The van der Waals surface area contributed by atoms with Crippen molar-refractivity contribution in [2.75, 3.05) is 19.5 Å². The Hall–Kier alpha value is -2.38. The number of benzene rings is 1. The molecule has 116 valence electrons. The average Bonchev–Trinajstić information content (AvgIpc) is 2.90. The molecule has 1 amide bonds. The van der Waals surface area contributed by atoms with Crippen LogP contribution in [0.25, 0.3) is 0 Å². The van der Waals surface area contributed by atoms with Gasteiger partial charge in [-0.1, -0.05) is 18.2 Å². The van der Waals surface area contributed by atoms with Crippen LogP contribution in [0.5, 0.6) is 5.75 Å². The zero-order valence-electron chi connectivity index (χ0n) is 12.1. The van der Waals surface area contributed by atoms with E-state index in [1.54, 1.807) is 29.6 Å². The minimum absolute atomic E-state index is 0.254. The Labute approximate surface area is 131 Å². The molecule has 1 heterocycles. The van der Waals surface area contributed by atoms with E-state index in [0.29, 0.717) is 16.3 Å². The maximum atomic E-state index is 11.9. The Balaban J connectivity index is 2.15. The van der Waals surface area contributed by atoms with E-state index in [4.69, 9.17) is 14.2 Å². The smallest absolute Gasteiger partial charge is 0.417 e. The fourth-order valence-electron chi connectivity index (χ4n) is 1.78. The molecule has 7 heteroatoms. The Kier molecular flexibility index (Phi) is 5.51. The van der Waals surface area contributed by atoms with Crippen molar-refractivity contribution in [2.45, 2.75) is 6.61 Å². The molecule has 0 fully saturated rings. The largest absolute Gasteiger partial charge is 0.465 e. The van der Waals surface area contributed by atoms with Crippen LogP contribution in [-0.4, -0.2) is 26.3 Å². The van der Waals surface area contributed by atoms with Crippen LogP contribution in [0.1, 0.15) is 15.2 Å². The molecule has 2 aromatic rings. The number of thiophene rings is 1. The summed E-state index contributed by atoms with van der Waals surface area (Å²) in [4.78, 5) is 24.4.